The molecule has 0 aliphatic rings. The van der Waals surface area contributed by atoms with E-state index in [1.54, 1.807) is 18.2 Å². The predicted molar refractivity (Wildman–Crippen MR) is 94.8 cm³/mol. The minimum atomic E-state index is -0.318. The highest BCUT2D eigenvalue weighted by Crippen LogP contribution is 2.29. The fraction of sp³-hybridized carbons (Fsp3) is 0.579. The molecule has 1 aromatic carbocycles. The van der Waals surface area contributed by atoms with Crippen molar-refractivity contribution in [2.75, 3.05) is 13.7 Å². The highest BCUT2D eigenvalue weighted by Gasteiger charge is 2.27. The summed E-state index contributed by atoms with van der Waals surface area (Å²) >= 11 is 0. The number of hydrogen-bond donors (Lipinski definition) is 1. The number of rotatable bonds is 7. The lowest BCUT2D eigenvalue weighted by atomic mass is 9.82. The van der Waals surface area contributed by atoms with Crippen molar-refractivity contribution in [1.82, 2.24) is 5.32 Å². The van der Waals surface area contributed by atoms with Crippen molar-refractivity contribution in [2.45, 2.75) is 53.5 Å². The third-order valence-corrected chi connectivity index (χ3v) is 3.38. The van der Waals surface area contributed by atoms with Crippen molar-refractivity contribution in [3.8, 4) is 11.5 Å². The summed E-state index contributed by atoms with van der Waals surface area (Å²) < 4.78 is 10.8. The Kier molecular flexibility index (Phi) is 6.41. The average molecular weight is 335 g/mol. The zero-order valence-corrected chi connectivity index (χ0v) is 15.8. The molecule has 0 saturated heterocycles. The molecule has 0 spiro atoms. The van der Waals surface area contributed by atoms with E-state index in [4.69, 9.17) is 9.47 Å². The molecule has 0 heterocycles. The van der Waals surface area contributed by atoms with E-state index < -0.39 is 0 Å². The van der Waals surface area contributed by atoms with Gasteiger partial charge < -0.3 is 14.8 Å². The maximum atomic E-state index is 12.2. The van der Waals surface area contributed by atoms with Gasteiger partial charge >= 0.3 is 0 Å². The second-order valence-electron chi connectivity index (χ2n) is 7.88. The van der Waals surface area contributed by atoms with Crippen molar-refractivity contribution in [3.05, 3.63) is 23.8 Å². The standard InChI is InChI=1S/C19H29NO4/c1-13(21)14-8-9-15(16(10-14)23-7)24-11-17(22)20-19(5,6)12-18(2,3)4/h8-10H,11-12H2,1-7H3,(H,20,22). The van der Waals surface area contributed by atoms with Gasteiger partial charge in [-0.15, -0.1) is 0 Å². The Morgan fingerprint density at radius 2 is 1.71 bits per heavy atom. The van der Waals surface area contributed by atoms with Gasteiger partial charge in [0.05, 0.1) is 7.11 Å². The molecular weight excluding hydrogens is 306 g/mol. The second-order valence-corrected chi connectivity index (χ2v) is 7.88. The van der Waals surface area contributed by atoms with Crippen molar-refractivity contribution in [2.24, 2.45) is 5.41 Å². The van der Waals surface area contributed by atoms with E-state index >= 15 is 0 Å². The lowest BCUT2D eigenvalue weighted by Gasteiger charge is -2.33. The van der Waals surface area contributed by atoms with Crippen molar-refractivity contribution >= 4 is 11.7 Å². The highest BCUT2D eigenvalue weighted by atomic mass is 16.5. The van der Waals surface area contributed by atoms with E-state index in [-0.39, 0.29) is 29.3 Å². The van der Waals surface area contributed by atoms with Gasteiger partial charge in [-0.25, -0.2) is 0 Å². The summed E-state index contributed by atoms with van der Waals surface area (Å²) in [5, 5.41) is 2.99. The Bertz CT molecular complexity index is 600. The van der Waals surface area contributed by atoms with Crippen LogP contribution < -0.4 is 14.8 Å². The van der Waals surface area contributed by atoms with E-state index in [9.17, 15) is 9.59 Å². The van der Waals surface area contributed by atoms with Crippen LogP contribution in [0.3, 0.4) is 0 Å². The number of amides is 1. The quantitative estimate of drug-likeness (QED) is 0.773. The summed E-state index contributed by atoms with van der Waals surface area (Å²) in [4.78, 5) is 23.6. The average Bonchev–Trinajstić information content (AvgIpc) is 2.41. The van der Waals surface area contributed by atoms with Crippen LogP contribution in [0.25, 0.3) is 0 Å². The molecule has 0 bridgehead atoms. The molecule has 1 amide bonds. The number of Topliss-reactive ketones (excluding diaryl/α,β-unsaturated/α-hetero) is 1. The summed E-state index contributed by atoms with van der Waals surface area (Å²) in [6.07, 6.45) is 0.850. The number of ketones is 1. The molecule has 0 fully saturated rings. The summed E-state index contributed by atoms with van der Waals surface area (Å²) in [5.41, 5.74) is 0.333. The Morgan fingerprint density at radius 1 is 1.08 bits per heavy atom. The van der Waals surface area contributed by atoms with Crippen LogP contribution in [0.4, 0.5) is 0 Å². The molecule has 0 aliphatic carbocycles. The minimum absolute atomic E-state index is 0.0541. The fourth-order valence-corrected chi connectivity index (χ4v) is 2.93. The lowest BCUT2D eigenvalue weighted by Crippen LogP contribution is -2.47. The zero-order valence-electron chi connectivity index (χ0n) is 15.8. The monoisotopic (exact) mass is 335 g/mol. The van der Waals surface area contributed by atoms with Crippen molar-refractivity contribution < 1.29 is 19.1 Å². The molecule has 1 rings (SSSR count). The molecule has 0 aliphatic heterocycles. The fourth-order valence-electron chi connectivity index (χ4n) is 2.93. The maximum Gasteiger partial charge on any atom is 0.258 e. The number of ether oxygens (including phenoxy) is 2. The molecule has 0 unspecified atom stereocenters. The first-order valence-corrected chi connectivity index (χ1v) is 8.06. The first-order valence-electron chi connectivity index (χ1n) is 8.06. The minimum Gasteiger partial charge on any atom is -0.493 e. The molecule has 1 aromatic rings. The predicted octanol–water partition coefficient (Wildman–Crippen LogP) is 3.61. The molecule has 5 nitrogen and oxygen atoms in total. The second kappa shape index (κ2) is 7.69. The molecule has 5 heteroatoms. The number of benzene rings is 1. The smallest absolute Gasteiger partial charge is 0.258 e. The Labute approximate surface area is 144 Å². The number of nitrogens with one attached hydrogen (secondary N) is 1. The number of methoxy groups -OCH3 is 1. The summed E-state index contributed by atoms with van der Waals surface area (Å²) in [6, 6.07) is 4.91. The van der Waals surface area contributed by atoms with Crippen LogP contribution >= 0.6 is 0 Å². The third kappa shape index (κ3) is 6.60. The molecular formula is C19H29NO4. The van der Waals surface area contributed by atoms with Crippen LogP contribution in [-0.4, -0.2) is 30.9 Å². The number of hydrogen-bond acceptors (Lipinski definition) is 4. The van der Waals surface area contributed by atoms with Gasteiger partial charge in [-0.05, 0) is 50.8 Å². The van der Waals surface area contributed by atoms with Gasteiger partial charge in [0.1, 0.15) is 0 Å². The summed E-state index contributed by atoms with van der Waals surface area (Å²) in [7, 11) is 1.50. The molecule has 0 atom stereocenters. The van der Waals surface area contributed by atoms with Crippen LogP contribution in [-0.2, 0) is 4.79 Å². The van der Waals surface area contributed by atoms with Crippen LogP contribution in [0.2, 0.25) is 0 Å². The van der Waals surface area contributed by atoms with Gasteiger partial charge in [0, 0.05) is 11.1 Å². The normalized spacial score (nSPS) is 11.8. The van der Waals surface area contributed by atoms with Crippen LogP contribution in [0.15, 0.2) is 18.2 Å². The van der Waals surface area contributed by atoms with Crippen molar-refractivity contribution in [3.63, 3.8) is 0 Å². The molecule has 1 N–H and O–H groups in total. The van der Waals surface area contributed by atoms with Gasteiger partial charge in [0.25, 0.3) is 5.91 Å². The lowest BCUT2D eigenvalue weighted by molar-refractivity contribution is -0.125. The van der Waals surface area contributed by atoms with Crippen LogP contribution in [0.5, 0.6) is 11.5 Å². The zero-order chi connectivity index (χ0) is 18.5. The highest BCUT2D eigenvalue weighted by molar-refractivity contribution is 5.94. The largest absolute Gasteiger partial charge is 0.493 e. The molecule has 0 saturated carbocycles. The van der Waals surface area contributed by atoms with E-state index in [1.165, 1.54) is 14.0 Å². The Balaban J connectivity index is 2.69. The summed E-state index contributed by atoms with van der Waals surface area (Å²) in [6.45, 7) is 11.8. The maximum absolute atomic E-state index is 12.2. The van der Waals surface area contributed by atoms with E-state index in [0.717, 1.165) is 6.42 Å². The molecule has 0 radical (unpaired) electrons. The third-order valence-electron chi connectivity index (χ3n) is 3.38. The molecule has 0 aromatic heterocycles. The first kappa shape index (κ1) is 20.0. The van der Waals surface area contributed by atoms with Crippen LogP contribution in [0, 0.1) is 5.41 Å². The Hall–Kier alpha value is -2.04. The number of carbonyl (C=O) groups excluding carboxylic acids is 2. The van der Waals surface area contributed by atoms with Gasteiger partial charge in [-0.3, -0.25) is 9.59 Å². The van der Waals surface area contributed by atoms with Gasteiger partial charge in [0.2, 0.25) is 0 Å². The molecule has 134 valence electrons. The van der Waals surface area contributed by atoms with Crippen molar-refractivity contribution in [1.29, 1.82) is 0 Å². The van der Waals surface area contributed by atoms with Gasteiger partial charge in [0.15, 0.2) is 23.9 Å². The van der Waals surface area contributed by atoms with Crippen LogP contribution in [0.1, 0.15) is 58.3 Å². The number of carbonyl (C=O) groups is 2. The Morgan fingerprint density at radius 3 is 2.21 bits per heavy atom. The van der Waals surface area contributed by atoms with E-state index in [0.29, 0.717) is 17.1 Å². The van der Waals surface area contributed by atoms with E-state index in [2.05, 4.69) is 26.1 Å². The topological polar surface area (TPSA) is 64.6 Å². The SMILES string of the molecule is COc1cc(C(C)=O)ccc1OCC(=O)NC(C)(C)CC(C)(C)C. The van der Waals surface area contributed by atoms with E-state index in [1.807, 2.05) is 13.8 Å². The van der Waals surface area contributed by atoms with Gasteiger partial charge in [-0.2, -0.15) is 0 Å². The van der Waals surface area contributed by atoms with Gasteiger partial charge in [-0.1, -0.05) is 20.8 Å². The summed E-state index contributed by atoms with van der Waals surface area (Å²) in [5.74, 6) is 0.624. The molecule has 24 heavy (non-hydrogen) atoms. The first-order chi connectivity index (χ1) is 10.9.